The molecular formula is C15H20N2O2S. The van der Waals surface area contributed by atoms with Gasteiger partial charge in [0.15, 0.2) is 0 Å². The van der Waals surface area contributed by atoms with Crippen molar-refractivity contribution in [2.75, 3.05) is 6.54 Å². The highest BCUT2D eigenvalue weighted by atomic mass is 32.1. The lowest BCUT2D eigenvalue weighted by Gasteiger charge is -2.41. The minimum Gasteiger partial charge on any atom is -0.480 e. The summed E-state index contributed by atoms with van der Waals surface area (Å²) in [7, 11) is 0. The van der Waals surface area contributed by atoms with E-state index in [4.69, 9.17) is 0 Å². The van der Waals surface area contributed by atoms with Crippen LogP contribution in [0.25, 0.3) is 10.2 Å². The third-order valence-corrected chi connectivity index (χ3v) is 5.08. The molecule has 5 heteroatoms. The van der Waals surface area contributed by atoms with Gasteiger partial charge < -0.3 is 10.1 Å². The SMILES string of the molecule is CC1(C)CCN(Cc2cc3sccc3[nH]2)C(C(=O)O)C1. The van der Waals surface area contributed by atoms with Crippen LogP contribution in [-0.2, 0) is 11.3 Å². The van der Waals surface area contributed by atoms with Gasteiger partial charge in [0.1, 0.15) is 6.04 Å². The van der Waals surface area contributed by atoms with Crippen molar-refractivity contribution in [1.82, 2.24) is 9.88 Å². The number of carboxylic acid groups (broad SMARTS) is 1. The number of fused-ring (bicyclic) bond motifs is 1. The van der Waals surface area contributed by atoms with Crippen LogP contribution in [0, 0.1) is 5.41 Å². The van der Waals surface area contributed by atoms with E-state index in [1.807, 2.05) is 0 Å². The van der Waals surface area contributed by atoms with Gasteiger partial charge in [0.2, 0.25) is 0 Å². The summed E-state index contributed by atoms with van der Waals surface area (Å²) in [5.41, 5.74) is 2.38. The molecule has 2 aromatic rings. The van der Waals surface area contributed by atoms with Crippen LogP contribution in [0.4, 0.5) is 0 Å². The van der Waals surface area contributed by atoms with Crippen molar-refractivity contribution in [2.24, 2.45) is 5.41 Å². The van der Waals surface area contributed by atoms with E-state index < -0.39 is 5.97 Å². The summed E-state index contributed by atoms with van der Waals surface area (Å²) < 4.78 is 1.24. The zero-order valence-electron chi connectivity index (χ0n) is 11.8. The molecule has 1 fully saturated rings. The number of aliphatic carboxylic acids is 1. The standard InChI is InChI=1S/C15H20N2O2S/c1-15(2)4-5-17(12(8-15)14(18)19)9-10-7-13-11(16-10)3-6-20-13/h3,6-7,12,16H,4-5,8-9H2,1-2H3,(H,18,19). The number of aromatic nitrogens is 1. The van der Waals surface area contributed by atoms with Gasteiger partial charge in [-0.3, -0.25) is 9.69 Å². The lowest BCUT2D eigenvalue weighted by molar-refractivity contribution is -0.147. The van der Waals surface area contributed by atoms with Gasteiger partial charge in [-0.1, -0.05) is 13.8 Å². The molecule has 0 spiro atoms. The fourth-order valence-electron chi connectivity index (χ4n) is 3.00. The Hall–Kier alpha value is -1.33. The maximum Gasteiger partial charge on any atom is 0.320 e. The molecule has 4 nitrogen and oxygen atoms in total. The quantitative estimate of drug-likeness (QED) is 0.912. The predicted octanol–water partition coefficient (Wildman–Crippen LogP) is 3.30. The molecule has 1 saturated heterocycles. The van der Waals surface area contributed by atoms with Crippen molar-refractivity contribution in [3.05, 3.63) is 23.2 Å². The topological polar surface area (TPSA) is 56.3 Å². The first kappa shape index (κ1) is 13.6. The van der Waals surface area contributed by atoms with Crippen LogP contribution in [0.1, 0.15) is 32.4 Å². The van der Waals surface area contributed by atoms with E-state index in [9.17, 15) is 9.90 Å². The third kappa shape index (κ3) is 2.60. The minimum atomic E-state index is -0.703. The molecule has 2 N–H and O–H groups in total. The van der Waals surface area contributed by atoms with Gasteiger partial charge in [-0.25, -0.2) is 0 Å². The number of rotatable bonds is 3. The molecule has 0 amide bonds. The lowest BCUT2D eigenvalue weighted by Crippen LogP contribution is -2.49. The number of aromatic amines is 1. The van der Waals surface area contributed by atoms with E-state index in [0.29, 0.717) is 6.54 Å². The number of nitrogens with one attached hydrogen (secondary N) is 1. The van der Waals surface area contributed by atoms with Crippen molar-refractivity contribution in [3.63, 3.8) is 0 Å². The molecule has 20 heavy (non-hydrogen) atoms. The average Bonchev–Trinajstić information content (AvgIpc) is 2.91. The first-order chi connectivity index (χ1) is 9.44. The van der Waals surface area contributed by atoms with Gasteiger partial charge in [0.05, 0.1) is 10.2 Å². The third-order valence-electron chi connectivity index (χ3n) is 4.22. The second-order valence-corrected chi connectivity index (χ2v) is 7.38. The van der Waals surface area contributed by atoms with Gasteiger partial charge in [-0.05, 0) is 42.3 Å². The van der Waals surface area contributed by atoms with Crippen molar-refractivity contribution in [1.29, 1.82) is 0 Å². The number of carboxylic acids is 1. The molecule has 1 aliphatic heterocycles. The summed E-state index contributed by atoms with van der Waals surface area (Å²) in [6.45, 7) is 5.85. The maximum atomic E-state index is 11.5. The van der Waals surface area contributed by atoms with Crippen molar-refractivity contribution in [3.8, 4) is 0 Å². The van der Waals surface area contributed by atoms with E-state index in [-0.39, 0.29) is 11.5 Å². The Balaban J connectivity index is 1.78. The van der Waals surface area contributed by atoms with Crippen LogP contribution in [0.3, 0.4) is 0 Å². The monoisotopic (exact) mass is 292 g/mol. The summed E-state index contributed by atoms with van der Waals surface area (Å²) in [6, 6.07) is 3.83. The summed E-state index contributed by atoms with van der Waals surface area (Å²) in [5.74, 6) is -0.703. The normalized spacial score (nSPS) is 23.2. The van der Waals surface area contributed by atoms with Crippen molar-refractivity contribution < 1.29 is 9.90 Å². The molecule has 0 bridgehead atoms. The summed E-state index contributed by atoms with van der Waals surface area (Å²) >= 11 is 1.71. The first-order valence-corrected chi connectivity index (χ1v) is 7.84. The van der Waals surface area contributed by atoms with Gasteiger partial charge in [0, 0.05) is 12.2 Å². The zero-order chi connectivity index (χ0) is 14.3. The number of piperidine rings is 1. The number of hydrogen-bond acceptors (Lipinski definition) is 3. The Morgan fingerprint density at radius 2 is 2.40 bits per heavy atom. The van der Waals surface area contributed by atoms with E-state index in [1.165, 1.54) is 4.70 Å². The van der Waals surface area contributed by atoms with E-state index in [2.05, 4.69) is 41.2 Å². The van der Waals surface area contributed by atoms with Crippen LogP contribution < -0.4 is 0 Å². The highest BCUT2D eigenvalue weighted by Gasteiger charge is 2.37. The zero-order valence-corrected chi connectivity index (χ0v) is 12.7. The summed E-state index contributed by atoms with van der Waals surface area (Å²) in [6.07, 6.45) is 1.77. The number of nitrogens with zero attached hydrogens (tertiary/aromatic N) is 1. The summed E-state index contributed by atoms with van der Waals surface area (Å²) in [5, 5.41) is 11.5. The van der Waals surface area contributed by atoms with E-state index in [0.717, 1.165) is 30.6 Å². The number of carbonyl (C=O) groups is 1. The Morgan fingerprint density at radius 1 is 1.60 bits per heavy atom. The minimum absolute atomic E-state index is 0.121. The first-order valence-electron chi connectivity index (χ1n) is 6.97. The number of hydrogen-bond donors (Lipinski definition) is 2. The molecule has 0 aromatic carbocycles. The second-order valence-electron chi connectivity index (χ2n) is 6.44. The van der Waals surface area contributed by atoms with Crippen LogP contribution in [0.2, 0.25) is 0 Å². The molecular weight excluding hydrogens is 272 g/mol. The molecule has 1 atom stereocenters. The summed E-state index contributed by atoms with van der Waals surface area (Å²) in [4.78, 5) is 17.0. The predicted molar refractivity (Wildman–Crippen MR) is 81.0 cm³/mol. The van der Waals surface area contributed by atoms with Crippen molar-refractivity contribution >= 4 is 27.5 Å². The van der Waals surface area contributed by atoms with E-state index in [1.54, 1.807) is 11.3 Å². The largest absolute Gasteiger partial charge is 0.480 e. The van der Waals surface area contributed by atoms with Gasteiger partial charge in [0.25, 0.3) is 0 Å². The molecule has 3 heterocycles. The fourth-order valence-corrected chi connectivity index (χ4v) is 3.80. The van der Waals surface area contributed by atoms with Crippen LogP contribution in [-0.4, -0.2) is 33.5 Å². The number of thiophene rings is 1. The van der Waals surface area contributed by atoms with Gasteiger partial charge in [-0.2, -0.15) is 0 Å². The fraction of sp³-hybridized carbons (Fsp3) is 0.533. The van der Waals surface area contributed by atoms with Gasteiger partial charge in [-0.15, -0.1) is 11.3 Å². The number of H-pyrrole nitrogens is 1. The second kappa shape index (κ2) is 4.90. The molecule has 3 rings (SSSR count). The smallest absolute Gasteiger partial charge is 0.320 e. The van der Waals surface area contributed by atoms with Crippen LogP contribution >= 0.6 is 11.3 Å². The molecule has 1 aliphatic rings. The molecule has 1 unspecified atom stereocenters. The van der Waals surface area contributed by atoms with Gasteiger partial charge >= 0.3 is 5.97 Å². The number of likely N-dealkylation sites (tertiary alicyclic amines) is 1. The molecule has 108 valence electrons. The Labute approximate surface area is 122 Å². The van der Waals surface area contributed by atoms with Crippen molar-refractivity contribution in [2.45, 2.75) is 39.3 Å². The Kier molecular flexibility index (Phi) is 3.34. The maximum absolute atomic E-state index is 11.5. The highest BCUT2D eigenvalue weighted by molar-refractivity contribution is 7.17. The average molecular weight is 292 g/mol. The Morgan fingerprint density at radius 3 is 3.10 bits per heavy atom. The lowest BCUT2D eigenvalue weighted by atomic mass is 9.78. The molecule has 0 radical (unpaired) electrons. The van der Waals surface area contributed by atoms with Crippen LogP contribution in [0.5, 0.6) is 0 Å². The molecule has 2 aromatic heterocycles. The molecule has 0 aliphatic carbocycles. The molecule has 0 saturated carbocycles. The highest BCUT2D eigenvalue weighted by Crippen LogP contribution is 2.35. The van der Waals surface area contributed by atoms with Crippen LogP contribution in [0.15, 0.2) is 17.5 Å². The van der Waals surface area contributed by atoms with E-state index >= 15 is 0 Å². The Bertz CT molecular complexity index is 600.